The number of anilines is 1. The molecular formula is C16H24N4O2. The zero-order chi connectivity index (χ0) is 16.7. The number of aromatic nitrogens is 1. The molecule has 1 aliphatic rings. The van der Waals surface area contributed by atoms with Crippen molar-refractivity contribution >= 4 is 17.6 Å². The van der Waals surface area contributed by atoms with Crippen molar-refractivity contribution in [2.45, 2.75) is 39.9 Å². The normalized spacial score (nSPS) is 22.2. The highest BCUT2D eigenvalue weighted by Gasteiger charge is 2.50. The van der Waals surface area contributed by atoms with Crippen LogP contribution in [0, 0.1) is 5.41 Å². The van der Waals surface area contributed by atoms with Crippen LogP contribution in [-0.2, 0) is 4.79 Å². The zero-order valence-electron chi connectivity index (χ0n) is 14.1. The van der Waals surface area contributed by atoms with Gasteiger partial charge in [0.15, 0.2) is 0 Å². The van der Waals surface area contributed by atoms with Crippen molar-refractivity contribution in [3.05, 3.63) is 24.5 Å². The molecule has 0 bridgehead atoms. The molecule has 2 rings (SSSR count). The van der Waals surface area contributed by atoms with Crippen molar-refractivity contribution in [3.63, 3.8) is 0 Å². The summed E-state index contributed by atoms with van der Waals surface area (Å²) in [4.78, 5) is 34.2. The molecule has 22 heavy (non-hydrogen) atoms. The van der Waals surface area contributed by atoms with Crippen molar-refractivity contribution < 1.29 is 9.59 Å². The molecule has 0 aromatic carbocycles. The Bertz CT molecular complexity index is 567. The highest BCUT2D eigenvalue weighted by Crippen LogP contribution is 2.34. The van der Waals surface area contributed by atoms with Gasteiger partial charge in [0.2, 0.25) is 5.91 Å². The monoisotopic (exact) mass is 304 g/mol. The van der Waals surface area contributed by atoms with Gasteiger partial charge in [-0.25, -0.2) is 4.79 Å². The van der Waals surface area contributed by atoms with E-state index in [1.54, 1.807) is 49.3 Å². The molecule has 1 saturated heterocycles. The summed E-state index contributed by atoms with van der Waals surface area (Å²) in [5.41, 5.74) is 0.468. The highest BCUT2D eigenvalue weighted by molar-refractivity contribution is 5.97. The second-order valence-corrected chi connectivity index (χ2v) is 6.82. The van der Waals surface area contributed by atoms with Crippen molar-refractivity contribution in [3.8, 4) is 0 Å². The molecule has 1 aliphatic heterocycles. The van der Waals surface area contributed by atoms with Crippen LogP contribution in [-0.4, -0.2) is 53.0 Å². The van der Waals surface area contributed by atoms with E-state index in [2.05, 4.69) is 4.98 Å². The third-order valence-corrected chi connectivity index (χ3v) is 4.07. The molecular weight excluding hydrogens is 280 g/mol. The molecule has 6 heteroatoms. The molecule has 3 amide bonds. The van der Waals surface area contributed by atoms with Gasteiger partial charge < -0.3 is 4.90 Å². The molecule has 120 valence electrons. The number of nitrogens with zero attached hydrogens (tertiary/aromatic N) is 4. The van der Waals surface area contributed by atoms with Crippen LogP contribution in [0.5, 0.6) is 0 Å². The van der Waals surface area contributed by atoms with Crippen LogP contribution in [0.25, 0.3) is 0 Å². The van der Waals surface area contributed by atoms with Gasteiger partial charge in [0, 0.05) is 25.7 Å². The number of likely N-dealkylation sites (N-methyl/N-ethyl adjacent to an activating group) is 1. The summed E-state index contributed by atoms with van der Waals surface area (Å²) in [6.07, 6.45) is 3.02. The van der Waals surface area contributed by atoms with E-state index in [1.807, 2.05) is 26.8 Å². The third-order valence-electron chi connectivity index (χ3n) is 4.07. The lowest BCUT2D eigenvalue weighted by Crippen LogP contribution is -2.54. The van der Waals surface area contributed by atoms with Gasteiger partial charge in [0.1, 0.15) is 12.2 Å². The lowest BCUT2D eigenvalue weighted by molar-refractivity contribution is -0.129. The van der Waals surface area contributed by atoms with Crippen LogP contribution < -0.4 is 4.90 Å². The Labute approximate surface area is 131 Å². The molecule has 6 nitrogen and oxygen atoms in total. The number of hydrogen-bond donors (Lipinski definition) is 0. The smallest absolute Gasteiger partial charge is 0.323 e. The standard InChI is InChI=1S/C16H24N4O2/c1-11-13(21)19(6)14(16(2,3)4)20(11)15(22)18(5)12-8-7-9-17-10-12/h7-11,14H,1-6H3. The van der Waals surface area contributed by atoms with Crippen LogP contribution in [0.15, 0.2) is 24.5 Å². The van der Waals surface area contributed by atoms with Crippen LogP contribution in [0.1, 0.15) is 27.7 Å². The highest BCUT2D eigenvalue weighted by atomic mass is 16.2. The maximum absolute atomic E-state index is 12.9. The van der Waals surface area contributed by atoms with Crippen molar-refractivity contribution in [1.82, 2.24) is 14.8 Å². The zero-order valence-corrected chi connectivity index (χ0v) is 14.1. The van der Waals surface area contributed by atoms with E-state index in [9.17, 15) is 9.59 Å². The quantitative estimate of drug-likeness (QED) is 0.799. The summed E-state index contributed by atoms with van der Waals surface area (Å²) < 4.78 is 0. The molecule has 0 saturated carbocycles. The molecule has 1 aromatic heterocycles. The molecule has 2 atom stereocenters. The van der Waals surface area contributed by atoms with Crippen molar-refractivity contribution in [2.24, 2.45) is 5.41 Å². The Morgan fingerprint density at radius 2 is 2.00 bits per heavy atom. The molecule has 1 fully saturated rings. The van der Waals surface area contributed by atoms with Gasteiger partial charge in [-0.1, -0.05) is 20.8 Å². The van der Waals surface area contributed by atoms with Crippen molar-refractivity contribution in [2.75, 3.05) is 19.0 Å². The summed E-state index contributed by atoms with van der Waals surface area (Å²) >= 11 is 0. The largest absolute Gasteiger partial charge is 0.326 e. The number of carbonyl (C=O) groups excluding carboxylic acids is 2. The number of pyridine rings is 1. The lowest BCUT2D eigenvalue weighted by atomic mass is 9.91. The summed E-state index contributed by atoms with van der Waals surface area (Å²) in [7, 11) is 3.46. The average Bonchev–Trinajstić information content (AvgIpc) is 2.70. The predicted octanol–water partition coefficient (Wildman–Crippen LogP) is 2.17. The number of rotatable bonds is 1. The lowest BCUT2D eigenvalue weighted by Gasteiger charge is -2.40. The summed E-state index contributed by atoms with van der Waals surface area (Å²) in [6, 6.07) is 2.94. The summed E-state index contributed by atoms with van der Waals surface area (Å²) in [5.74, 6) is -0.0344. The van der Waals surface area contributed by atoms with Gasteiger partial charge in [-0.15, -0.1) is 0 Å². The van der Waals surface area contributed by atoms with Crippen LogP contribution in [0.2, 0.25) is 0 Å². The van der Waals surface area contributed by atoms with Gasteiger partial charge in [-0.05, 0) is 19.1 Å². The summed E-state index contributed by atoms with van der Waals surface area (Å²) in [5, 5.41) is 0. The fourth-order valence-corrected chi connectivity index (χ4v) is 3.04. The number of carbonyl (C=O) groups is 2. The number of amides is 3. The van der Waals surface area contributed by atoms with E-state index < -0.39 is 6.04 Å². The van der Waals surface area contributed by atoms with E-state index in [-0.39, 0.29) is 23.5 Å². The molecule has 2 heterocycles. The number of hydrogen-bond acceptors (Lipinski definition) is 3. The minimum Gasteiger partial charge on any atom is -0.323 e. The Hall–Kier alpha value is -2.11. The topological polar surface area (TPSA) is 56.8 Å². The Morgan fingerprint density at radius 3 is 2.50 bits per heavy atom. The van der Waals surface area contributed by atoms with Gasteiger partial charge in [0.25, 0.3) is 0 Å². The maximum atomic E-state index is 12.9. The van der Waals surface area contributed by atoms with E-state index in [0.717, 1.165) is 0 Å². The Morgan fingerprint density at radius 1 is 1.36 bits per heavy atom. The molecule has 1 aromatic rings. The first kappa shape index (κ1) is 16.3. The minimum atomic E-state index is -0.471. The maximum Gasteiger partial charge on any atom is 0.326 e. The minimum absolute atomic E-state index is 0.0344. The second kappa shape index (κ2) is 5.59. The van der Waals surface area contributed by atoms with Crippen LogP contribution in [0.4, 0.5) is 10.5 Å². The van der Waals surface area contributed by atoms with E-state index in [0.29, 0.717) is 5.69 Å². The number of urea groups is 1. The average molecular weight is 304 g/mol. The van der Waals surface area contributed by atoms with Crippen LogP contribution in [0.3, 0.4) is 0 Å². The summed E-state index contributed by atoms with van der Waals surface area (Å²) in [6.45, 7) is 7.87. The fourth-order valence-electron chi connectivity index (χ4n) is 3.04. The molecule has 0 aliphatic carbocycles. The van der Waals surface area contributed by atoms with Gasteiger partial charge in [-0.3, -0.25) is 19.6 Å². The van der Waals surface area contributed by atoms with Crippen molar-refractivity contribution in [1.29, 1.82) is 0 Å². The van der Waals surface area contributed by atoms with E-state index in [4.69, 9.17) is 0 Å². The van der Waals surface area contributed by atoms with E-state index >= 15 is 0 Å². The second-order valence-electron chi connectivity index (χ2n) is 6.82. The Kier molecular flexibility index (Phi) is 4.13. The van der Waals surface area contributed by atoms with Gasteiger partial charge in [-0.2, -0.15) is 0 Å². The SMILES string of the molecule is CC1C(=O)N(C)C(C(C)(C)C)N1C(=O)N(C)c1cccnc1. The Balaban J connectivity index is 2.36. The predicted molar refractivity (Wildman–Crippen MR) is 85.4 cm³/mol. The van der Waals surface area contributed by atoms with Gasteiger partial charge >= 0.3 is 6.03 Å². The molecule has 0 radical (unpaired) electrons. The molecule has 0 spiro atoms. The van der Waals surface area contributed by atoms with E-state index in [1.165, 1.54) is 4.90 Å². The first-order valence-corrected chi connectivity index (χ1v) is 7.39. The molecule has 0 N–H and O–H groups in total. The first-order valence-electron chi connectivity index (χ1n) is 7.39. The first-order chi connectivity index (χ1) is 10.2. The van der Waals surface area contributed by atoms with Crippen LogP contribution >= 0.6 is 0 Å². The van der Waals surface area contributed by atoms with Gasteiger partial charge in [0.05, 0.1) is 11.9 Å². The third kappa shape index (κ3) is 2.65. The fraction of sp³-hybridized carbons (Fsp3) is 0.562. The molecule has 2 unspecified atom stereocenters.